The first-order chi connectivity index (χ1) is 9.57. The zero-order chi connectivity index (χ0) is 15.9. The van der Waals surface area contributed by atoms with Crippen molar-refractivity contribution in [1.82, 2.24) is 0 Å². The van der Waals surface area contributed by atoms with Crippen LogP contribution in [0.25, 0.3) is 0 Å². The van der Waals surface area contributed by atoms with Crippen molar-refractivity contribution in [2.75, 3.05) is 0 Å². The van der Waals surface area contributed by atoms with Gasteiger partial charge in [-0.3, -0.25) is 0 Å². The second-order valence-electron chi connectivity index (χ2n) is 8.57. The number of rotatable bonds is 3. The van der Waals surface area contributed by atoms with E-state index in [4.69, 9.17) is 9.31 Å². The van der Waals surface area contributed by atoms with Crippen LogP contribution in [-0.4, -0.2) is 18.3 Å². The maximum atomic E-state index is 6.08. The van der Waals surface area contributed by atoms with E-state index >= 15 is 0 Å². The number of hydrogen-bond donors (Lipinski definition) is 0. The van der Waals surface area contributed by atoms with Gasteiger partial charge in [-0.05, 0) is 64.7 Å². The minimum Gasteiger partial charge on any atom is -0.400 e. The van der Waals surface area contributed by atoms with Gasteiger partial charge in [0.2, 0.25) is 0 Å². The van der Waals surface area contributed by atoms with Gasteiger partial charge in [-0.2, -0.15) is 0 Å². The molecule has 0 aromatic carbocycles. The van der Waals surface area contributed by atoms with Crippen molar-refractivity contribution >= 4 is 7.12 Å². The molecule has 1 saturated carbocycles. The molecule has 21 heavy (non-hydrogen) atoms. The van der Waals surface area contributed by atoms with E-state index in [9.17, 15) is 0 Å². The van der Waals surface area contributed by atoms with Gasteiger partial charge in [0.1, 0.15) is 0 Å². The number of hydrogen-bond acceptors (Lipinski definition) is 2. The maximum Gasteiger partial charge on any atom is 0.487 e. The van der Waals surface area contributed by atoms with Crippen molar-refractivity contribution in [3.8, 4) is 0 Å². The van der Waals surface area contributed by atoms with Crippen LogP contribution in [0.5, 0.6) is 0 Å². The van der Waals surface area contributed by atoms with Gasteiger partial charge in [-0.15, -0.1) is 0 Å². The Kier molecular flexibility index (Phi) is 4.67. The highest BCUT2D eigenvalue weighted by Crippen LogP contribution is 2.43. The van der Waals surface area contributed by atoms with E-state index in [2.05, 4.69) is 54.4 Å². The van der Waals surface area contributed by atoms with Crippen LogP contribution in [0.2, 0.25) is 0 Å². The van der Waals surface area contributed by atoms with Gasteiger partial charge in [0.25, 0.3) is 0 Å². The highest BCUT2D eigenvalue weighted by molar-refractivity contribution is 6.51. The van der Waals surface area contributed by atoms with Crippen molar-refractivity contribution < 1.29 is 9.31 Å². The molecule has 1 aliphatic heterocycles. The van der Waals surface area contributed by atoms with Crippen LogP contribution < -0.4 is 0 Å². The van der Waals surface area contributed by atoms with Crippen LogP contribution in [-0.2, 0) is 9.31 Å². The molecule has 2 rings (SSSR count). The Bertz CT molecular complexity index is 383. The second kappa shape index (κ2) is 5.74. The highest BCUT2D eigenvalue weighted by atomic mass is 16.7. The van der Waals surface area contributed by atoms with E-state index in [0.29, 0.717) is 5.41 Å². The van der Waals surface area contributed by atoms with E-state index in [1.807, 2.05) is 0 Å². The van der Waals surface area contributed by atoms with Gasteiger partial charge >= 0.3 is 7.12 Å². The van der Waals surface area contributed by atoms with Crippen molar-refractivity contribution in [3.63, 3.8) is 0 Å². The molecule has 120 valence electrons. The molecule has 1 saturated heterocycles. The van der Waals surface area contributed by atoms with E-state index < -0.39 is 0 Å². The molecule has 0 aromatic heterocycles. The molecular weight excluding hydrogens is 259 g/mol. The van der Waals surface area contributed by atoms with Crippen LogP contribution in [0.4, 0.5) is 0 Å². The molecule has 2 aliphatic rings. The lowest BCUT2D eigenvalue weighted by Gasteiger charge is -2.37. The van der Waals surface area contributed by atoms with Crippen LogP contribution in [0.3, 0.4) is 0 Å². The predicted octanol–water partition coefficient (Wildman–Crippen LogP) is 5.17. The lowest BCUT2D eigenvalue weighted by molar-refractivity contribution is 0.00578. The fourth-order valence-corrected chi connectivity index (χ4v) is 3.37. The molecule has 0 unspecified atom stereocenters. The molecule has 1 heterocycles. The molecule has 0 atom stereocenters. The highest BCUT2D eigenvalue weighted by Gasteiger charge is 2.50. The van der Waals surface area contributed by atoms with Crippen LogP contribution in [0, 0.1) is 11.3 Å². The van der Waals surface area contributed by atoms with E-state index in [0.717, 1.165) is 5.92 Å². The smallest absolute Gasteiger partial charge is 0.400 e. The van der Waals surface area contributed by atoms with Gasteiger partial charge in [-0.25, -0.2) is 0 Å². The molecule has 0 N–H and O–H groups in total. The molecule has 0 bridgehead atoms. The summed E-state index contributed by atoms with van der Waals surface area (Å²) < 4.78 is 12.2. The monoisotopic (exact) mass is 292 g/mol. The Morgan fingerprint density at radius 2 is 1.57 bits per heavy atom. The summed E-state index contributed by atoms with van der Waals surface area (Å²) in [5.41, 5.74) is 1.55. The van der Waals surface area contributed by atoms with Gasteiger partial charge in [0.15, 0.2) is 0 Å². The van der Waals surface area contributed by atoms with E-state index in [-0.39, 0.29) is 18.3 Å². The fraction of sp³-hybridized carbons (Fsp3) is 0.889. The van der Waals surface area contributed by atoms with Crippen molar-refractivity contribution in [1.29, 1.82) is 0 Å². The molecule has 0 aromatic rings. The third-order valence-corrected chi connectivity index (χ3v) is 6.29. The average molecular weight is 292 g/mol. The topological polar surface area (TPSA) is 18.5 Å². The quantitative estimate of drug-likeness (QED) is 0.668. The fourth-order valence-electron chi connectivity index (χ4n) is 3.37. The minimum absolute atomic E-state index is 0.166. The first-order valence-corrected chi connectivity index (χ1v) is 8.62. The largest absolute Gasteiger partial charge is 0.487 e. The minimum atomic E-state index is -0.226. The van der Waals surface area contributed by atoms with E-state index in [1.54, 1.807) is 0 Å². The summed E-state index contributed by atoms with van der Waals surface area (Å²) in [5, 5.41) is 0. The van der Waals surface area contributed by atoms with Gasteiger partial charge in [0.05, 0.1) is 11.2 Å². The molecule has 0 spiro atoms. The molecular formula is C18H33BO2. The first kappa shape index (κ1) is 17.1. The average Bonchev–Trinajstić information content (AvgIpc) is 2.58. The molecule has 0 radical (unpaired) electrons. The molecule has 1 aliphatic carbocycles. The van der Waals surface area contributed by atoms with Crippen molar-refractivity contribution in [2.24, 2.45) is 11.3 Å². The van der Waals surface area contributed by atoms with Crippen molar-refractivity contribution in [2.45, 2.75) is 91.8 Å². The lowest BCUT2D eigenvalue weighted by Crippen LogP contribution is -2.41. The third-order valence-electron chi connectivity index (χ3n) is 6.29. The lowest BCUT2D eigenvalue weighted by atomic mass is 9.68. The second-order valence-corrected chi connectivity index (χ2v) is 8.57. The number of allylic oxidation sites excluding steroid dienone is 1. The zero-order valence-corrected chi connectivity index (χ0v) is 15.1. The van der Waals surface area contributed by atoms with E-state index in [1.165, 1.54) is 37.7 Å². The normalized spacial score (nSPS) is 28.8. The van der Waals surface area contributed by atoms with Gasteiger partial charge in [0, 0.05) is 0 Å². The van der Waals surface area contributed by atoms with Crippen LogP contribution in [0.1, 0.15) is 80.6 Å². The SMILES string of the molecule is CCC(C)(C)C1CCC(=CB2OC(C)(C)C(C)(C)O2)CC1. The third kappa shape index (κ3) is 3.56. The first-order valence-electron chi connectivity index (χ1n) is 8.62. The standard InChI is InChI=1S/C18H33BO2/c1-8-16(2,3)15-11-9-14(10-12-15)13-19-20-17(4,5)18(6,7)21-19/h13,15H,8-12H2,1-7H3. The summed E-state index contributed by atoms with van der Waals surface area (Å²) in [6.45, 7) is 15.6. The summed E-state index contributed by atoms with van der Waals surface area (Å²) in [6.07, 6.45) is 6.31. The zero-order valence-electron chi connectivity index (χ0n) is 15.1. The predicted molar refractivity (Wildman–Crippen MR) is 90.2 cm³/mol. The summed E-state index contributed by atoms with van der Waals surface area (Å²) in [6, 6.07) is 0. The van der Waals surface area contributed by atoms with Gasteiger partial charge < -0.3 is 9.31 Å². The Morgan fingerprint density at radius 1 is 1.10 bits per heavy atom. The molecule has 0 amide bonds. The summed E-state index contributed by atoms with van der Waals surface area (Å²) in [7, 11) is -0.166. The molecule has 2 fully saturated rings. The van der Waals surface area contributed by atoms with Crippen molar-refractivity contribution in [3.05, 3.63) is 11.5 Å². The van der Waals surface area contributed by atoms with Crippen LogP contribution >= 0.6 is 0 Å². The molecule has 3 heteroatoms. The maximum absolute atomic E-state index is 6.08. The van der Waals surface area contributed by atoms with Crippen LogP contribution in [0.15, 0.2) is 11.5 Å². The summed E-state index contributed by atoms with van der Waals surface area (Å²) >= 11 is 0. The van der Waals surface area contributed by atoms with Gasteiger partial charge in [-0.1, -0.05) is 38.7 Å². The Labute approximate surface area is 131 Å². The summed E-state index contributed by atoms with van der Waals surface area (Å²) in [4.78, 5) is 0. The molecule has 2 nitrogen and oxygen atoms in total. The summed E-state index contributed by atoms with van der Waals surface area (Å²) in [5.74, 6) is 3.10. The Hall–Kier alpha value is -0.275. The Balaban J connectivity index is 1.95. The Morgan fingerprint density at radius 3 is 2.00 bits per heavy atom.